The van der Waals surface area contributed by atoms with Crippen LogP contribution in [0.5, 0.6) is 0 Å². The Morgan fingerprint density at radius 3 is 2.71 bits per heavy atom. The average molecular weight is 194 g/mol. The van der Waals surface area contributed by atoms with E-state index < -0.39 is 11.6 Å². The highest BCUT2D eigenvalue weighted by molar-refractivity contribution is 5.90. The maximum atomic E-state index is 13.3. The smallest absolute Gasteiger partial charge is 0.170 e. The summed E-state index contributed by atoms with van der Waals surface area (Å²) >= 11 is 0. The maximum absolute atomic E-state index is 13.3. The van der Waals surface area contributed by atoms with E-state index in [0.717, 1.165) is 6.07 Å². The summed E-state index contributed by atoms with van der Waals surface area (Å²) in [7, 11) is 0. The predicted molar refractivity (Wildman–Crippen MR) is 50.8 cm³/mol. The van der Waals surface area contributed by atoms with Gasteiger partial charge in [-0.25, -0.2) is 8.78 Å². The van der Waals surface area contributed by atoms with E-state index in [1.54, 1.807) is 6.92 Å². The number of nitrogens with zero attached hydrogens (tertiary/aromatic N) is 1. The maximum Gasteiger partial charge on any atom is 0.170 e. The predicted octanol–water partition coefficient (Wildman–Crippen LogP) is 2.40. The van der Waals surface area contributed by atoms with Crippen LogP contribution in [0.2, 0.25) is 0 Å². The first-order valence-electron chi connectivity index (χ1n) is 4.10. The molecule has 0 saturated heterocycles. The topological polar surface area (TPSA) is 38.9 Å². The third-order valence-corrected chi connectivity index (χ3v) is 2.02. The van der Waals surface area contributed by atoms with Gasteiger partial charge in [-0.1, -0.05) is 0 Å². The van der Waals surface area contributed by atoms with E-state index in [0.29, 0.717) is 11.2 Å². The number of halogens is 2. The van der Waals surface area contributed by atoms with E-state index in [1.165, 1.54) is 12.1 Å². The Morgan fingerprint density at radius 2 is 2.00 bits per heavy atom. The number of nitrogens with two attached hydrogens (primary N) is 1. The largest absolute Gasteiger partial charge is 0.398 e. The summed E-state index contributed by atoms with van der Waals surface area (Å²) in [5.74, 6) is -1.85. The van der Waals surface area contributed by atoms with Crippen molar-refractivity contribution in [2.45, 2.75) is 6.92 Å². The van der Waals surface area contributed by atoms with Gasteiger partial charge in [0.25, 0.3) is 0 Å². The summed E-state index contributed by atoms with van der Waals surface area (Å²) in [6.07, 6.45) is 0. The van der Waals surface area contributed by atoms with Crippen LogP contribution in [0.1, 0.15) is 5.69 Å². The fourth-order valence-corrected chi connectivity index (χ4v) is 1.43. The molecule has 0 atom stereocenters. The van der Waals surface area contributed by atoms with Crippen LogP contribution in [-0.2, 0) is 0 Å². The van der Waals surface area contributed by atoms with Gasteiger partial charge in [0.1, 0.15) is 0 Å². The molecule has 4 heteroatoms. The van der Waals surface area contributed by atoms with Crippen LogP contribution in [0.25, 0.3) is 10.9 Å². The molecule has 1 aromatic carbocycles. The quantitative estimate of drug-likeness (QED) is 0.699. The zero-order chi connectivity index (χ0) is 10.3. The number of pyridine rings is 1. The second-order valence-electron chi connectivity index (χ2n) is 3.11. The summed E-state index contributed by atoms with van der Waals surface area (Å²) in [5, 5.41) is 0.0515. The van der Waals surface area contributed by atoms with Crippen molar-refractivity contribution in [3.8, 4) is 0 Å². The molecule has 0 radical (unpaired) electrons. The van der Waals surface area contributed by atoms with Gasteiger partial charge in [0.15, 0.2) is 11.6 Å². The standard InChI is InChI=1S/C10H8F2N2/c1-5-4-7(13)9-8(14-5)3-2-6(11)10(9)12/h2-4H,1H3,(H2,13,14). The van der Waals surface area contributed by atoms with Crippen molar-refractivity contribution >= 4 is 16.6 Å². The Hall–Kier alpha value is -1.71. The first kappa shape index (κ1) is 8.87. The van der Waals surface area contributed by atoms with Crippen molar-refractivity contribution in [3.63, 3.8) is 0 Å². The van der Waals surface area contributed by atoms with E-state index in [2.05, 4.69) is 4.98 Å². The summed E-state index contributed by atoms with van der Waals surface area (Å²) in [6.45, 7) is 1.75. The molecule has 2 nitrogen and oxygen atoms in total. The first-order chi connectivity index (χ1) is 6.59. The van der Waals surface area contributed by atoms with Gasteiger partial charge in [0.05, 0.1) is 10.9 Å². The molecule has 0 amide bonds. The van der Waals surface area contributed by atoms with Gasteiger partial charge < -0.3 is 5.73 Å². The average Bonchev–Trinajstić information content (AvgIpc) is 2.10. The SMILES string of the molecule is Cc1cc(N)c2c(F)c(F)ccc2n1. The Labute approximate surface area is 79.4 Å². The lowest BCUT2D eigenvalue weighted by molar-refractivity contribution is 0.517. The van der Waals surface area contributed by atoms with Crippen molar-refractivity contribution < 1.29 is 8.78 Å². The fourth-order valence-electron chi connectivity index (χ4n) is 1.43. The molecule has 0 aliphatic carbocycles. The van der Waals surface area contributed by atoms with Gasteiger partial charge in [-0.3, -0.25) is 4.98 Å². The molecule has 0 aliphatic heterocycles. The van der Waals surface area contributed by atoms with Gasteiger partial charge in [-0.15, -0.1) is 0 Å². The molecule has 0 bridgehead atoms. The van der Waals surface area contributed by atoms with Gasteiger partial charge in [0.2, 0.25) is 0 Å². The number of nitrogen functional groups attached to an aromatic ring is 1. The van der Waals surface area contributed by atoms with E-state index in [1.807, 2.05) is 0 Å². The molecular weight excluding hydrogens is 186 g/mol. The van der Waals surface area contributed by atoms with Crippen molar-refractivity contribution in [3.05, 3.63) is 35.5 Å². The number of hydrogen-bond acceptors (Lipinski definition) is 2. The number of fused-ring (bicyclic) bond motifs is 1. The Bertz CT molecular complexity index is 509. The molecule has 14 heavy (non-hydrogen) atoms. The second kappa shape index (κ2) is 2.90. The van der Waals surface area contributed by atoms with E-state index in [9.17, 15) is 8.78 Å². The highest BCUT2D eigenvalue weighted by Gasteiger charge is 2.10. The number of benzene rings is 1. The number of aromatic nitrogens is 1. The van der Waals surface area contributed by atoms with Crippen LogP contribution in [0.15, 0.2) is 18.2 Å². The van der Waals surface area contributed by atoms with Crippen molar-refractivity contribution in [1.82, 2.24) is 4.98 Å². The van der Waals surface area contributed by atoms with Crippen LogP contribution >= 0.6 is 0 Å². The van der Waals surface area contributed by atoms with Crippen molar-refractivity contribution in [2.24, 2.45) is 0 Å². The molecule has 0 unspecified atom stereocenters. The molecule has 2 rings (SSSR count). The zero-order valence-corrected chi connectivity index (χ0v) is 7.51. The summed E-state index contributed by atoms with van der Waals surface area (Å²) in [6, 6.07) is 3.98. The molecule has 0 spiro atoms. The highest BCUT2D eigenvalue weighted by atomic mass is 19.2. The monoisotopic (exact) mass is 194 g/mol. The lowest BCUT2D eigenvalue weighted by Crippen LogP contribution is -1.96. The van der Waals surface area contributed by atoms with E-state index in [4.69, 9.17) is 5.73 Å². The first-order valence-corrected chi connectivity index (χ1v) is 4.10. The van der Waals surface area contributed by atoms with Gasteiger partial charge in [-0.05, 0) is 25.1 Å². The molecule has 1 aromatic heterocycles. The van der Waals surface area contributed by atoms with Crippen LogP contribution in [0.3, 0.4) is 0 Å². The molecule has 1 heterocycles. The second-order valence-corrected chi connectivity index (χ2v) is 3.11. The normalized spacial score (nSPS) is 10.8. The summed E-state index contributed by atoms with van der Waals surface area (Å²) in [4.78, 5) is 4.05. The van der Waals surface area contributed by atoms with Crippen molar-refractivity contribution in [2.75, 3.05) is 5.73 Å². The molecule has 2 N–H and O–H groups in total. The fraction of sp³-hybridized carbons (Fsp3) is 0.100. The van der Waals surface area contributed by atoms with Crippen LogP contribution < -0.4 is 5.73 Å². The lowest BCUT2D eigenvalue weighted by Gasteiger charge is -2.04. The summed E-state index contributed by atoms with van der Waals surface area (Å²) in [5.41, 5.74) is 6.85. The Balaban J connectivity index is 2.95. The van der Waals surface area contributed by atoms with Crippen LogP contribution in [0, 0.1) is 18.6 Å². The third-order valence-electron chi connectivity index (χ3n) is 2.02. The molecule has 0 fully saturated rings. The van der Waals surface area contributed by atoms with Gasteiger partial charge in [-0.2, -0.15) is 0 Å². The van der Waals surface area contributed by atoms with E-state index >= 15 is 0 Å². The third kappa shape index (κ3) is 1.19. The minimum absolute atomic E-state index is 0.0515. The molecule has 2 aromatic rings. The Morgan fingerprint density at radius 1 is 1.29 bits per heavy atom. The molecule has 0 saturated carbocycles. The number of rotatable bonds is 0. The lowest BCUT2D eigenvalue weighted by atomic mass is 10.1. The minimum atomic E-state index is -0.938. The summed E-state index contributed by atoms with van der Waals surface area (Å²) < 4.78 is 26.2. The number of anilines is 1. The molecular formula is C10H8F2N2. The van der Waals surface area contributed by atoms with Crippen LogP contribution in [0.4, 0.5) is 14.5 Å². The Kier molecular flexibility index (Phi) is 1.84. The van der Waals surface area contributed by atoms with Gasteiger partial charge >= 0.3 is 0 Å². The molecule has 0 aliphatic rings. The van der Waals surface area contributed by atoms with Gasteiger partial charge in [0, 0.05) is 11.4 Å². The minimum Gasteiger partial charge on any atom is -0.398 e. The number of aryl methyl sites for hydroxylation is 1. The zero-order valence-electron chi connectivity index (χ0n) is 7.51. The highest BCUT2D eigenvalue weighted by Crippen LogP contribution is 2.24. The molecule has 72 valence electrons. The van der Waals surface area contributed by atoms with Crippen molar-refractivity contribution in [1.29, 1.82) is 0 Å². The van der Waals surface area contributed by atoms with E-state index in [-0.39, 0.29) is 11.1 Å². The number of hydrogen-bond donors (Lipinski definition) is 1. The van der Waals surface area contributed by atoms with Crippen LogP contribution in [-0.4, -0.2) is 4.98 Å².